The van der Waals surface area contributed by atoms with Crippen molar-refractivity contribution < 1.29 is 15.0 Å². The van der Waals surface area contributed by atoms with Gasteiger partial charge in [0.05, 0.1) is 12.2 Å². The van der Waals surface area contributed by atoms with Crippen LogP contribution in [0.15, 0.2) is 0 Å². The molecule has 0 bridgehead atoms. The van der Waals surface area contributed by atoms with Crippen molar-refractivity contribution in [1.29, 1.82) is 0 Å². The SMILES string of the molecule is C[C@H](CCC(=O)NCC1CCNC1)[C@H]1CC[C@H]2[C@@H]3[C@@H](O)C[C@@H]4C[C@H](O)CC[C@]4(C)[C@H]3CC[C@]12C. The molecule has 34 heavy (non-hydrogen) atoms. The van der Waals surface area contributed by atoms with Gasteiger partial charge in [-0.2, -0.15) is 0 Å². The summed E-state index contributed by atoms with van der Waals surface area (Å²) in [5.41, 5.74) is 0.589. The van der Waals surface area contributed by atoms with Crippen LogP contribution < -0.4 is 10.6 Å². The maximum Gasteiger partial charge on any atom is 0.220 e. The molecule has 5 rings (SSSR count). The molecule has 4 N–H and O–H groups in total. The van der Waals surface area contributed by atoms with Gasteiger partial charge in [-0.15, -0.1) is 0 Å². The first-order valence-corrected chi connectivity index (χ1v) is 14.6. The average molecular weight is 475 g/mol. The molecule has 4 saturated carbocycles. The Morgan fingerprint density at radius 1 is 1.03 bits per heavy atom. The molecule has 5 nitrogen and oxygen atoms in total. The second-order valence-electron chi connectivity index (χ2n) is 13.6. The Labute approximate surface area is 207 Å². The number of carbonyl (C=O) groups is 1. The molecule has 0 aromatic carbocycles. The Hall–Kier alpha value is -0.650. The van der Waals surface area contributed by atoms with E-state index in [0.29, 0.717) is 58.7 Å². The summed E-state index contributed by atoms with van der Waals surface area (Å²) in [5.74, 6) is 4.17. The Balaban J connectivity index is 1.21. The van der Waals surface area contributed by atoms with Gasteiger partial charge < -0.3 is 20.8 Å². The number of carbonyl (C=O) groups excluding carboxylic acids is 1. The first-order valence-electron chi connectivity index (χ1n) is 14.6. The fraction of sp³-hybridized carbons (Fsp3) is 0.966. The third-order valence-electron chi connectivity index (χ3n) is 12.0. The molecule has 5 fully saturated rings. The van der Waals surface area contributed by atoms with Gasteiger partial charge in [-0.1, -0.05) is 20.8 Å². The third-order valence-corrected chi connectivity index (χ3v) is 12.0. The zero-order chi connectivity index (χ0) is 24.1. The molecule has 1 aliphatic heterocycles. The molecule has 5 heteroatoms. The minimum Gasteiger partial charge on any atom is -0.393 e. The molecule has 0 radical (unpaired) electrons. The van der Waals surface area contributed by atoms with Crippen LogP contribution >= 0.6 is 0 Å². The zero-order valence-electron chi connectivity index (χ0n) is 21.9. The molecule has 0 aromatic heterocycles. The lowest BCUT2D eigenvalue weighted by Gasteiger charge is -2.62. The van der Waals surface area contributed by atoms with Gasteiger partial charge in [0, 0.05) is 13.0 Å². The molecule has 0 spiro atoms. The summed E-state index contributed by atoms with van der Waals surface area (Å²) in [5, 5.41) is 28.3. The van der Waals surface area contributed by atoms with Gasteiger partial charge in [-0.05, 0) is 130 Å². The summed E-state index contributed by atoms with van der Waals surface area (Å²) >= 11 is 0. The fourth-order valence-electron chi connectivity index (χ4n) is 9.97. The van der Waals surface area contributed by atoms with Crippen LogP contribution in [0, 0.1) is 52.3 Å². The van der Waals surface area contributed by atoms with Crippen LogP contribution in [0.1, 0.15) is 91.4 Å². The molecule has 0 aromatic rings. The highest BCUT2D eigenvalue weighted by Gasteiger charge is 2.62. The number of amides is 1. The highest BCUT2D eigenvalue weighted by molar-refractivity contribution is 5.75. The maximum absolute atomic E-state index is 12.5. The van der Waals surface area contributed by atoms with Crippen LogP contribution in [0.3, 0.4) is 0 Å². The van der Waals surface area contributed by atoms with Crippen LogP contribution in [0.4, 0.5) is 0 Å². The molecule has 5 aliphatic rings. The highest BCUT2D eigenvalue weighted by atomic mass is 16.3. The Morgan fingerprint density at radius 2 is 1.79 bits per heavy atom. The second kappa shape index (κ2) is 9.67. The van der Waals surface area contributed by atoms with Gasteiger partial charge in [0.1, 0.15) is 0 Å². The maximum atomic E-state index is 12.5. The van der Waals surface area contributed by atoms with Gasteiger partial charge in [-0.25, -0.2) is 0 Å². The first kappa shape index (κ1) is 25.0. The standard InChI is InChI=1S/C29H50N2O3/c1-18(4-7-26(34)31-17-19-10-13-30-16-19)22-5-6-23-27-24(9-12-29(22,23)3)28(2)11-8-21(32)14-20(28)15-25(27)33/h18-25,27,30,32-33H,4-17H2,1-3H3,(H,31,34)/t18-,19?,20+,21-,22-,23+,24+,25+,27+,28+,29-/m1/s1. The molecule has 1 unspecified atom stereocenters. The molecule has 194 valence electrons. The number of hydrogen-bond acceptors (Lipinski definition) is 4. The minimum atomic E-state index is -0.206. The van der Waals surface area contributed by atoms with Crippen LogP contribution in [0.25, 0.3) is 0 Å². The van der Waals surface area contributed by atoms with Crippen molar-refractivity contribution in [2.75, 3.05) is 19.6 Å². The number of fused-ring (bicyclic) bond motifs is 5. The van der Waals surface area contributed by atoms with Crippen molar-refractivity contribution in [2.45, 2.75) is 104 Å². The van der Waals surface area contributed by atoms with Gasteiger partial charge in [0.15, 0.2) is 0 Å². The predicted octanol–water partition coefficient (Wildman–Crippen LogP) is 4.12. The number of aliphatic hydroxyl groups excluding tert-OH is 2. The van der Waals surface area contributed by atoms with E-state index >= 15 is 0 Å². The van der Waals surface area contributed by atoms with Crippen LogP contribution in [0.2, 0.25) is 0 Å². The van der Waals surface area contributed by atoms with Crippen molar-refractivity contribution in [1.82, 2.24) is 10.6 Å². The quantitative estimate of drug-likeness (QED) is 0.467. The van der Waals surface area contributed by atoms with E-state index in [1.165, 1.54) is 32.1 Å². The van der Waals surface area contributed by atoms with E-state index in [0.717, 1.165) is 51.7 Å². The van der Waals surface area contributed by atoms with Crippen LogP contribution in [-0.2, 0) is 4.79 Å². The normalized spacial score (nSPS) is 49.1. The van der Waals surface area contributed by atoms with Gasteiger partial charge in [0.2, 0.25) is 5.91 Å². The zero-order valence-corrected chi connectivity index (χ0v) is 21.9. The molecule has 1 heterocycles. The Bertz CT molecular complexity index is 739. The van der Waals surface area contributed by atoms with E-state index in [1.54, 1.807) is 0 Å². The van der Waals surface area contributed by atoms with Crippen molar-refractivity contribution >= 4 is 5.91 Å². The summed E-state index contributed by atoms with van der Waals surface area (Å²) in [4.78, 5) is 12.5. The van der Waals surface area contributed by atoms with Crippen LogP contribution in [-0.4, -0.2) is 48.0 Å². The van der Waals surface area contributed by atoms with E-state index < -0.39 is 0 Å². The Morgan fingerprint density at radius 3 is 2.56 bits per heavy atom. The van der Waals surface area contributed by atoms with Crippen molar-refractivity contribution in [3.8, 4) is 0 Å². The lowest BCUT2D eigenvalue weighted by molar-refractivity contribution is -0.174. The van der Waals surface area contributed by atoms with E-state index in [2.05, 4.69) is 31.4 Å². The highest BCUT2D eigenvalue weighted by Crippen LogP contribution is 2.68. The van der Waals surface area contributed by atoms with E-state index in [-0.39, 0.29) is 18.1 Å². The molecule has 4 aliphatic carbocycles. The van der Waals surface area contributed by atoms with Crippen molar-refractivity contribution in [2.24, 2.45) is 52.3 Å². The van der Waals surface area contributed by atoms with Crippen molar-refractivity contribution in [3.63, 3.8) is 0 Å². The summed E-state index contributed by atoms with van der Waals surface area (Å²) < 4.78 is 0. The molecular formula is C29H50N2O3. The Kier molecular flexibility index (Phi) is 7.11. The lowest BCUT2D eigenvalue weighted by atomic mass is 9.43. The first-order chi connectivity index (χ1) is 16.2. The summed E-state index contributed by atoms with van der Waals surface area (Å²) in [6.45, 7) is 10.3. The fourth-order valence-corrected chi connectivity index (χ4v) is 9.97. The van der Waals surface area contributed by atoms with Crippen molar-refractivity contribution in [3.05, 3.63) is 0 Å². The second-order valence-corrected chi connectivity index (χ2v) is 13.6. The van der Waals surface area contributed by atoms with Gasteiger partial charge in [0.25, 0.3) is 0 Å². The summed E-state index contributed by atoms with van der Waals surface area (Å²) in [6.07, 6.45) is 11.3. The smallest absolute Gasteiger partial charge is 0.220 e. The third kappa shape index (κ3) is 4.36. The van der Waals surface area contributed by atoms with E-state index in [9.17, 15) is 15.0 Å². The molecular weight excluding hydrogens is 424 g/mol. The lowest BCUT2D eigenvalue weighted by Crippen LogP contribution is -2.58. The van der Waals surface area contributed by atoms with Gasteiger partial charge >= 0.3 is 0 Å². The number of hydrogen-bond donors (Lipinski definition) is 4. The monoisotopic (exact) mass is 474 g/mol. The topological polar surface area (TPSA) is 81.6 Å². The summed E-state index contributed by atoms with van der Waals surface area (Å²) in [7, 11) is 0. The number of nitrogens with one attached hydrogen (secondary N) is 2. The number of aliphatic hydroxyl groups is 2. The summed E-state index contributed by atoms with van der Waals surface area (Å²) in [6, 6.07) is 0. The molecule has 11 atom stereocenters. The van der Waals surface area contributed by atoms with Gasteiger partial charge in [-0.3, -0.25) is 4.79 Å². The minimum absolute atomic E-state index is 0.167. The average Bonchev–Trinajstić information content (AvgIpc) is 3.44. The van der Waals surface area contributed by atoms with E-state index in [4.69, 9.17) is 0 Å². The van der Waals surface area contributed by atoms with E-state index in [1.807, 2.05) is 0 Å². The molecule has 1 amide bonds. The predicted molar refractivity (Wildman–Crippen MR) is 135 cm³/mol. The van der Waals surface area contributed by atoms with Crippen LogP contribution in [0.5, 0.6) is 0 Å². The number of rotatable bonds is 6. The molecule has 1 saturated heterocycles. The largest absolute Gasteiger partial charge is 0.393 e.